The van der Waals surface area contributed by atoms with Crippen LogP contribution in [0.3, 0.4) is 0 Å². The molecule has 0 aromatic carbocycles. The van der Waals surface area contributed by atoms with E-state index in [-0.39, 0.29) is 5.91 Å². The number of pyridine rings is 1. The summed E-state index contributed by atoms with van der Waals surface area (Å²) in [5.41, 5.74) is 3.50. The molecule has 2 amide bonds. The average Bonchev–Trinajstić information content (AvgIpc) is 2.84. The average molecular weight is 327 g/mol. The van der Waals surface area contributed by atoms with Crippen molar-refractivity contribution in [1.29, 1.82) is 0 Å². The molecule has 24 heavy (non-hydrogen) atoms. The van der Waals surface area contributed by atoms with Gasteiger partial charge in [0, 0.05) is 42.3 Å². The third-order valence-electron chi connectivity index (χ3n) is 3.95. The second kappa shape index (κ2) is 5.78. The summed E-state index contributed by atoms with van der Waals surface area (Å²) >= 11 is 0. The Morgan fingerprint density at radius 2 is 1.96 bits per heavy atom. The zero-order valence-corrected chi connectivity index (χ0v) is 14.3. The number of aromatic amines is 1. The molecule has 2 aromatic rings. The Morgan fingerprint density at radius 1 is 1.29 bits per heavy atom. The van der Waals surface area contributed by atoms with E-state index in [4.69, 9.17) is 4.74 Å². The number of fused-ring (bicyclic) bond motifs is 1. The number of ether oxygens (including phenoxy) is 1. The highest BCUT2D eigenvalue weighted by atomic mass is 16.6. The van der Waals surface area contributed by atoms with Crippen LogP contribution in [0.2, 0.25) is 0 Å². The highest BCUT2D eigenvalue weighted by Gasteiger charge is 2.35. The fourth-order valence-electron chi connectivity index (χ4n) is 2.89. The lowest BCUT2D eigenvalue weighted by Crippen LogP contribution is -2.44. The molecule has 0 fully saturated rings. The van der Waals surface area contributed by atoms with E-state index < -0.39 is 11.7 Å². The number of hydrogen-bond acceptors (Lipinski definition) is 4. The van der Waals surface area contributed by atoms with Gasteiger partial charge in [0.25, 0.3) is 5.91 Å². The molecule has 0 saturated carbocycles. The first kappa shape index (κ1) is 16.2. The van der Waals surface area contributed by atoms with Gasteiger partial charge in [0.1, 0.15) is 5.60 Å². The molecule has 3 rings (SSSR count). The molecule has 2 aromatic heterocycles. The monoisotopic (exact) mass is 327 g/mol. The third-order valence-corrected chi connectivity index (χ3v) is 3.95. The molecule has 0 aliphatic carbocycles. The van der Waals surface area contributed by atoms with Gasteiger partial charge in [0.15, 0.2) is 0 Å². The third kappa shape index (κ3) is 2.91. The molecule has 0 unspecified atom stereocenters. The van der Waals surface area contributed by atoms with E-state index in [1.165, 1.54) is 4.90 Å². The van der Waals surface area contributed by atoms with E-state index in [1.54, 1.807) is 33.2 Å². The summed E-state index contributed by atoms with van der Waals surface area (Å²) in [5.74, 6) is -0.306. The molecule has 0 spiro atoms. The van der Waals surface area contributed by atoms with Gasteiger partial charge in [0.2, 0.25) is 0 Å². The van der Waals surface area contributed by atoms with Crippen molar-refractivity contribution in [3.05, 3.63) is 41.3 Å². The molecule has 0 atom stereocenters. The van der Waals surface area contributed by atoms with Crippen molar-refractivity contribution in [1.82, 2.24) is 14.9 Å². The van der Waals surface area contributed by atoms with E-state index in [1.807, 2.05) is 19.1 Å². The van der Waals surface area contributed by atoms with Gasteiger partial charge in [-0.25, -0.2) is 9.69 Å². The van der Waals surface area contributed by atoms with Crippen LogP contribution in [0.5, 0.6) is 0 Å². The number of imide groups is 1. The number of amides is 2. The molecule has 1 aliphatic heterocycles. The van der Waals surface area contributed by atoms with Gasteiger partial charge in [-0.3, -0.25) is 9.78 Å². The number of hydrogen-bond donors (Lipinski definition) is 1. The number of nitrogens with zero attached hydrogens (tertiary/aromatic N) is 2. The van der Waals surface area contributed by atoms with Gasteiger partial charge in [-0.1, -0.05) is 0 Å². The topological polar surface area (TPSA) is 75.3 Å². The predicted molar refractivity (Wildman–Crippen MR) is 89.7 cm³/mol. The first-order valence-corrected chi connectivity index (χ1v) is 7.94. The van der Waals surface area contributed by atoms with E-state index in [9.17, 15) is 9.59 Å². The minimum Gasteiger partial charge on any atom is -0.443 e. The lowest BCUT2D eigenvalue weighted by atomic mass is 10.0. The zero-order chi connectivity index (χ0) is 17.5. The molecule has 0 radical (unpaired) electrons. The minimum atomic E-state index is -0.632. The summed E-state index contributed by atoms with van der Waals surface area (Å²) < 4.78 is 5.34. The lowest BCUT2D eigenvalue weighted by Gasteiger charge is -2.28. The number of carbonyl (C=O) groups excluding carboxylic acids is 2. The summed E-state index contributed by atoms with van der Waals surface area (Å²) in [7, 11) is 0. The molecule has 6 nitrogen and oxygen atoms in total. The van der Waals surface area contributed by atoms with Crippen LogP contribution in [-0.4, -0.2) is 39.0 Å². The van der Waals surface area contributed by atoms with Gasteiger partial charge in [-0.05, 0) is 45.4 Å². The first-order valence-electron chi connectivity index (χ1n) is 7.94. The van der Waals surface area contributed by atoms with Crippen molar-refractivity contribution in [3.63, 3.8) is 0 Å². The maximum absolute atomic E-state index is 12.8. The minimum absolute atomic E-state index is 0.306. The van der Waals surface area contributed by atoms with Crippen molar-refractivity contribution in [2.75, 3.05) is 6.54 Å². The lowest BCUT2D eigenvalue weighted by molar-refractivity contribution is 0.0233. The highest BCUT2D eigenvalue weighted by Crippen LogP contribution is 2.31. The van der Waals surface area contributed by atoms with Gasteiger partial charge in [0.05, 0.1) is 5.56 Å². The summed E-state index contributed by atoms with van der Waals surface area (Å²) in [5, 5.41) is 0. The van der Waals surface area contributed by atoms with E-state index in [0.717, 1.165) is 22.5 Å². The molecule has 0 saturated heterocycles. The predicted octanol–water partition coefficient (Wildman–Crippen LogP) is 3.32. The van der Waals surface area contributed by atoms with E-state index in [0.29, 0.717) is 18.5 Å². The number of nitrogens with one attached hydrogen (secondary N) is 1. The Balaban J connectivity index is 1.94. The van der Waals surface area contributed by atoms with Crippen LogP contribution >= 0.6 is 0 Å². The summed E-state index contributed by atoms with van der Waals surface area (Å²) in [4.78, 5) is 33.6. The van der Waals surface area contributed by atoms with Crippen molar-refractivity contribution in [2.45, 2.75) is 39.7 Å². The second-order valence-corrected chi connectivity index (χ2v) is 6.90. The van der Waals surface area contributed by atoms with Crippen molar-refractivity contribution in [2.24, 2.45) is 0 Å². The number of rotatable bonds is 1. The second-order valence-electron chi connectivity index (χ2n) is 6.90. The van der Waals surface area contributed by atoms with Gasteiger partial charge < -0.3 is 9.72 Å². The fraction of sp³-hybridized carbons (Fsp3) is 0.389. The van der Waals surface area contributed by atoms with Crippen LogP contribution in [0.4, 0.5) is 4.79 Å². The van der Waals surface area contributed by atoms with Crippen LogP contribution < -0.4 is 0 Å². The maximum Gasteiger partial charge on any atom is 0.417 e. The molecule has 126 valence electrons. The largest absolute Gasteiger partial charge is 0.443 e. The quantitative estimate of drug-likeness (QED) is 0.872. The molecule has 3 heterocycles. The van der Waals surface area contributed by atoms with Gasteiger partial charge in [-0.15, -0.1) is 0 Å². The summed E-state index contributed by atoms with van der Waals surface area (Å²) in [6.45, 7) is 7.56. The van der Waals surface area contributed by atoms with Crippen LogP contribution in [-0.2, 0) is 11.2 Å². The first-order chi connectivity index (χ1) is 11.3. The van der Waals surface area contributed by atoms with Crippen molar-refractivity contribution >= 4 is 12.0 Å². The van der Waals surface area contributed by atoms with Gasteiger partial charge >= 0.3 is 6.09 Å². The Morgan fingerprint density at radius 3 is 2.58 bits per heavy atom. The van der Waals surface area contributed by atoms with Crippen molar-refractivity contribution in [3.8, 4) is 11.3 Å². The molecule has 1 aliphatic rings. The Bertz CT molecular complexity index is 788. The Kier molecular flexibility index (Phi) is 3.91. The molecule has 1 N–H and O–H groups in total. The van der Waals surface area contributed by atoms with E-state index >= 15 is 0 Å². The highest BCUT2D eigenvalue weighted by molar-refractivity contribution is 6.06. The fourth-order valence-corrected chi connectivity index (χ4v) is 2.89. The summed E-state index contributed by atoms with van der Waals surface area (Å²) in [6.07, 6.45) is 3.42. The standard InChI is InChI=1S/C18H21N3O3/c1-11-14-13(20-15(11)12-5-8-19-9-6-12)7-10-21(16(14)22)17(23)24-18(2,3)4/h5-6,8-9,20H,7,10H2,1-4H3. The smallest absolute Gasteiger partial charge is 0.417 e. The summed E-state index contributed by atoms with van der Waals surface area (Å²) in [6, 6.07) is 3.78. The Labute approximate surface area is 140 Å². The number of H-pyrrole nitrogens is 1. The van der Waals surface area contributed by atoms with Crippen LogP contribution in [0, 0.1) is 6.92 Å². The van der Waals surface area contributed by atoms with E-state index in [2.05, 4.69) is 9.97 Å². The van der Waals surface area contributed by atoms with Gasteiger partial charge in [-0.2, -0.15) is 0 Å². The van der Waals surface area contributed by atoms with Crippen LogP contribution in [0.1, 0.15) is 42.4 Å². The normalized spacial score (nSPS) is 14.5. The van der Waals surface area contributed by atoms with Crippen LogP contribution in [0.25, 0.3) is 11.3 Å². The molecular formula is C18H21N3O3. The molecular weight excluding hydrogens is 306 g/mol. The SMILES string of the molecule is Cc1c(-c2ccncc2)[nH]c2c1C(=O)N(C(=O)OC(C)(C)C)CC2. The van der Waals surface area contributed by atoms with Crippen molar-refractivity contribution < 1.29 is 14.3 Å². The zero-order valence-electron chi connectivity index (χ0n) is 14.3. The molecule has 6 heteroatoms. The maximum atomic E-state index is 12.8. The Hall–Kier alpha value is -2.63. The number of aromatic nitrogens is 2. The van der Waals surface area contributed by atoms with Crippen LogP contribution in [0.15, 0.2) is 24.5 Å². The molecule has 0 bridgehead atoms. The number of carbonyl (C=O) groups is 2.